The first-order valence-corrected chi connectivity index (χ1v) is 8.82. The summed E-state index contributed by atoms with van der Waals surface area (Å²) in [5, 5.41) is 13.4. The Morgan fingerprint density at radius 1 is 1.04 bits per heavy atom. The van der Waals surface area contributed by atoms with Crippen molar-refractivity contribution in [1.82, 2.24) is 20.2 Å². The Morgan fingerprint density at radius 2 is 1.79 bits per heavy atom. The van der Waals surface area contributed by atoms with Crippen LogP contribution in [0, 0.1) is 0 Å². The van der Waals surface area contributed by atoms with Gasteiger partial charge >= 0.3 is 0 Å². The number of benzene rings is 2. The minimum absolute atomic E-state index is 0.0933. The zero-order valence-electron chi connectivity index (χ0n) is 12.0. The topological polar surface area (TPSA) is 60.7 Å². The summed E-state index contributed by atoms with van der Waals surface area (Å²) in [6.45, 7) is 0. The fraction of sp³-hybridized carbons (Fsp3) is 0.0667. The van der Waals surface area contributed by atoms with E-state index in [1.807, 2.05) is 0 Å². The molecule has 122 valence electrons. The zero-order chi connectivity index (χ0) is 17.1. The van der Waals surface area contributed by atoms with Gasteiger partial charge in [0.1, 0.15) is 0 Å². The number of aromatic nitrogens is 4. The van der Waals surface area contributed by atoms with Crippen LogP contribution < -0.4 is 0 Å². The molecule has 0 amide bonds. The minimum Gasteiger partial charge on any atom is -0.293 e. The number of hydrogen-bond donors (Lipinski definition) is 0. The average Bonchev–Trinajstić information content (AvgIpc) is 3.04. The summed E-state index contributed by atoms with van der Waals surface area (Å²) in [6, 6.07) is 11.9. The van der Waals surface area contributed by atoms with Crippen LogP contribution in [0.3, 0.4) is 0 Å². The molecule has 2 aromatic carbocycles. The van der Waals surface area contributed by atoms with Crippen LogP contribution in [0.1, 0.15) is 10.4 Å². The molecule has 1 aromatic heterocycles. The quantitative estimate of drug-likeness (QED) is 0.463. The number of ketones is 1. The van der Waals surface area contributed by atoms with Gasteiger partial charge in [-0.05, 0) is 52.9 Å². The Kier molecular flexibility index (Phi) is 5.40. The molecule has 9 heteroatoms. The van der Waals surface area contributed by atoms with Gasteiger partial charge in [0.25, 0.3) is 0 Å². The van der Waals surface area contributed by atoms with Crippen LogP contribution in [0.25, 0.3) is 5.69 Å². The summed E-state index contributed by atoms with van der Waals surface area (Å²) >= 11 is 18.9. The van der Waals surface area contributed by atoms with Gasteiger partial charge in [-0.2, -0.15) is 4.68 Å². The van der Waals surface area contributed by atoms with Crippen LogP contribution in [0.2, 0.25) is 15.1 Å². The fourth-order valence-electron chi connectivity index (χ4n) is 1.90. The van der Waals surface area contributed by atoms with Crippen molar-refractivity contribution in [2.24, 2.45) is 0 Å². The third kappa shape index (κ3) is 3.89. The smallest absolute Gasteiger partial charge is 0.214 e. The Hall–Kier alpha value is -1.60. The second kappa shape index (κ2) is 7.53. The summed E-state index contributed by atoms with van der Waals surface area (Å²) in [6.07, 6.45) is 0. The molecule has 0 unspecified atom stereocenters. The molecule has 3 aromatic rings. The molecule has 0 radical (unpaired) electrons. The van der Waals surface area contributed by atoms with Crippen molar-refractivity contribution in [1.29, 1.82) is 0 Å². The number of carbonyl (C=O) groups is 1. The first-order chi connectivity index (χ1) is 11.5. The first kappa shape index (κ1) is 17.2. The lowest BCUT2D eigenvalue weighted by Crippen LogP contribution is -2.05. The number of hydrogen-bond acceptors (Lipinski definition) is 5. The van der Waals surface area contributed by atoms with Gasteiger partial charge in [-0.25, -0.2) is 0 Å². The molecule has 5 nitrogen and oxygen atoms in total. The summed E-state index contributed by atoms with van der Waals surface area (Å²) in [5.41, 5.74) is 1.25. The van der Waals surface area contributed by atoms with E-state index in [1.165, 1.54) is 11.8 Å². The molecule has 0 aliphatic rings. The van der Waals surface area contributed by atoms with Gasteiger partial charge < -0.3 is 0 Å². The molecule has 0 N–H and O–H groups in total. The molecule has 0 saturated carbocycles. The predicted molar refractivity (Wildman–Crippen MR) is 95.7 cm³/mol. The lowest BCUT2D eigenvalue weighted by molar-refractivity contribution is 0.102. The zero-order valence-corrected chi connectivity index (χ0v) is 15.1. The molecular formula is C15H9Cl3N4OS. The third-order valence-corrected chi connectivity index (χ3v) is 5.00. The van der Waals surface area contributed by atoms with E-state index in [4.69, 9.17) is 34.8 Å². The Labute approximate surface area is 156 Å². The number of nitrogens with zero attached hydrogens (tertiary/aromatic N) is 4. The van der Waals surface area contributed by atoms with Gasteiger partial charge in [-0.3, -0.25) is 4.79 Å². The van der Waals surface area contributed by atoms with E-state index in [0.29, 0.717) is 25.8 Å². The SMILES string of the molecule is O=C(CSc1nnnn1-c1ccc(Cl)cc1)c1ccc(Cl)c(Cl)c1. The Bertz CT molecular complexity index is 883. The van der Waals surface area contributed by atoms with Crippen LogP contribution in [-0.2, 0) is 0 Å². The predicted octanol–water partition coefficient (Wildman–Crippen LogP) is 4.60. The molecule has 24 heavy (non-hydrogen) atoms. The lowest BCUT2D eigenvalue weighted by Gasteiger charge is -2.05. The number of tetrazole rings is 1. The van der Waals surface area contributed by atoms with E-state index in [0.717, 1.165) is 5.69 Å². The molecule has 1 heterocycles. The third-order valence-electron chi connectivity index (χ3n) is 3.09. The van der Waals surface area contributed by atoms with Crippen molar-refractivity contribution in [2.45, 2.75) is 5.16 Å². The van der Waals surface area contributed by atoms with Gasteiger partial charge in [0.2, 0.25) is 5.16 Å². The van der Waals surface area contributed by atoms with E-state index in [9.17, 15) is 4.79 Å². The van der Waals surface area contributed by atoms with Gasteiger partial charge in [0.05, 0.1) is 21.5 Å². The highest BCUT2D eigenvalue weighted by Crippen LogP contribution is 2.25. The van der Waals surface area contributed by atoms with Gasteiger partial charge in [-0.15, -0.1) is 5.10 Å². The molecule has 3 rings (SSSR count). The fourth-order valence-corrected chi connectivity index (χ4v) is 3.11. The van der Waals surface area contributed by atoms with Crippen molar-refractivity contribution in [2.75, 3.05) is 5.75 Å². The van der Waals surface area contributed by atoms with E-state index < -0.39 is 0 Å². The number of carbonyl (C=O) groups excluding carboxylic acids is 1. The van der Waals surface area contributed by atoms with Crippen molar-refractivity contribution in [3.63, 3.8) is 0 Å². The number of halogens is 3. The highest BCUT2D eigenvalue weighted by Gasteiger charge is 2.13. The molecule has 0 aliphatic heterocycles. The Balaban J connectivity index is 1.73. The molecule has 0 spiro atoms. The van der Waals surface area contributed by atoms with Crippen molar-refractivity contribution in [3.8, 4) is 5.69 Å². The van der Waals surface area contributed by atoms with E-state index in [2.05, 4.69) is 15.5 Å². The van der Waals surface area contributed by atoms with E-state index >= 15 is 0 Å². The maximum Gasteiger partial charge on any atom is 0.214 e. The number of thioether (sulfide) groups is 1. The number of Topliss-reactive ketones (excluding diaryl/α,β-unsaturated/α-hetero) is 1. The van der Waals surface area contributed by atoms with Crippen LogP contribution in [0.4, 0.5) is 0 Å². The standard InChI is InChI=1S/C15H9Cl3N4OS/c16-10-2-4-11(5-3-10)22-15(19-20-21-22)24-8-14(23)9-1-6-12(17)13(18)7-9/h1-7H,8H2. The van der Waals surface area contributed by atoms with Crippen LogP contribution >= 0.6 is 46.6 Å². The second-order valence-corrected chi connectivity index (χ2v) is 6.88. The summed E-state index contributed by atoms with van der Waals surface area (Å²) in [7, 11) is 0. The van der Waals surface area contributed by atoms with E-state index in [1.54, 1.807) is 47.1 Å². The van der Waals surface area contributed by atoms with Gasteiger partial charge in [0.15, 0.2) is 5.78 Å². The molecule has 0 atom stereocenters. The van der Waals surface area contributed by atoms with Crippen LogP contribution in [0.15, 0.2) is 47.6 Å². The van der Waals surface area contributed by atoms with Crippen molar-refractivity contribution < 1.29 is 4.79 Å². The molecule has 0 aliphatic carbocycles. The van der Waals surface area contributed by atoms with Gasteiger partial charge in [-0.1, -0.05) is 46.6 Å². The lowest BCUT2D eigenvalue weighted by atomic mass is 10.1. The van der Waals surface area contributed by atoms with Gasteiger partial charge in [0, 0.05) is 10.6 Å². The highest BCUT2D eigenvalue weighted by atomic mass is 35.5. The summed E-state index contributed by atoms with van der Waals surface area (Å²) in [4.78, 5) is 12.3. The molecular weight excluding hydrogens is 391 g/mol. The van der Waals surface area contributed by atoms with Crippen LogP contribution in [-0.4, -0.2) is 31.7 Å². The van der Waals surface area contributed by atoms with Crippen molar-refractivity contribution in [3.05, 3.63) is 63.1 Å². The minimum atomic E-state index is -0.0933. The Morgan fingerprint density at radius 3 is 2.50 bits per heavy atom. The maximum atomic E-state index is 12.3. The summed E-state index contributed by atoms with van der Waals surface area (Å²) in [5.74, 6) is 0.0792. The molecule has 0 fully saturated rings. The second-order valence-electron chi connectivity index (χ2n) is 4.69. The largest absolute Gasteiger partial charge is 0.293 e. The first-order valence-electron chi connectivity index (χ1n) is 6.70. The molecule has 0 bridgehead atoms. The summed E-state index contributed by atoms with van der Waals surface area (Å²) < 4.78 is 1.54. The average molecular weight is 400 g/mol. The molecule has 0 saturated heterocycles. The van der Waals surface area contributed by atoms with Crippen LogP contribution in [0.5, 0.6) is 0 Å². The normalized spacial score (nSPS) is 10.8. The monoisotopic (exact) mass is 398 g/mol. The number of rotatable bonds is 5. The van der Waals surface area contributed by atoms with E-state index in [-0.39, 0.29) is 11.5 Å². The maximum absolute atomic E-state index is 12.3. The van der Waals surface area contributed by atoms with Crippen molar-refractivity contribution >= 4 is 52.3 Å². The highest BCUT2D eigenvalue weighted by molar-refractivity contribution is 7.99.